The zero-order valence-corrected chi connectivity index (χ0v) is 9.17. The molecule has 2 saturated carbocycles. The first kappa shape index (κ1) is 10.2. The minimum absolute atomic E-state index is 0.884. The lowest BCUT2D eigenvalue weighted by Gasteiger charge is -2.46. The summed E-state index contributed by atoms with van der Waals surface area (Å²) < 4.78 is 0. The summed E-state index contributed by atoms with van der Waals surface area (Å²) in [6.45, 7) is 5.03. The molecule has 2 N–H and O–H groups in total. The Morgan fingerprint density at radius 1 is 1.29 bits per heavy atom. The fourth-order valence-corrected chi connectivity index (χ4v) is 3.39. The predicted octanol–water partition coefficient (Wildman–Crippen LogP) is 3.11. The maximum absolute atomic E-state index is 5.64. The first-order valence-corrected chi connectivity index (χ1v) is 6.18. The molecule has 2 aliphatic carbocycles. The summed E-state index contributed by atoms with van der Waals surface area (Å²) in [4.78, 5) is 0. The number of nitrogens with two attached hydrogens (primary N) is 1. The quantitative estimate of drug-likeness (QED) is 0.670. The van der Waals surface area contributed by atoms with Crippen LogP contribution in [0.3, 0.4) is 0 Å². The highest BCUT2D eigenvalue weighted by Crippen LogP contribution is 2.49. The van der Waals surface area contributed by atoms with E-state index in [4.69, 9.17) is 5.73 Å². The van der Waals surface area contributed by atoms with Gasteiger partial charge in [-0.15, -0.1) is 0 Å². The second-order valence-electron chi connectivity index (χ2n) is 5.18. The smallest absolute Gasteiger partial charge is 0.00745 e. The highest BCUT2D eigenvalue weighted by Gasteiger charge is 2.39. The number of rotatable bonds is 2. The van der Waals surface area contributed by atoms with E-state index in [-0.39, 0.29) is 0 Å². The van der Waals surface area contributed by atoms with E-state index in [2.05, 4.69) is 6.58 Å². The van der Waals surface area contributed by atoms with Gasteiger partial charge in [-0.2, -0.15) is 0 Å². The van der Waals surface area contributed by atoms with Gasteiger partial charge in [-0.25, -0.2) is 0 Å². The number of hydrogen-bond acceptors (Lipinski definition) is 1. The molecule has 2 rings (SSSR count). The molecule has 0 aromatic rings. The van der Waals surface area contributed by atoms with Crippen molar-refractivity contribution < 1.29 is 0 Å². The fourth-order valence-electron chi connectivity index (χ4n) is 3.39. The molecule has 3 atom stereocenters. The lowest BCUT2D eigenvalue weighted by Crippen LogP contribution is -2.38. The van der Waals surface area contributed by atoms with Crippen molar-refractivity contribution in [1.29, 1.82) is 0 Å². The molecule has 0 aromatic heterocycles. The van der Waals surface area contributed by atoms with Gasteiger partial charge in [-0.05, 0) is 69.2 Å². The van der Waals surface area contributed by atoms with E-state index in [1.54, 1.807) is 0 Å². The second kappa shape index (κ2) is 4.48. The minimum Gasteiger partial charge on any atom is -0.330 e. The Morgan fingerprint density at radius 3 is 2.93 bits per heavy atom. The zero-order chi connectivity index (χ0) is 9.97. The van der Waals surface area contributed by atoms with E-state index in [1.165, 1.54) is 50.5 Å². The number of allylic oxidation sites excluding steroid dienone is 1. The normalized spacial score (nSPS) is 38.1. The van der Waals surface area contributed by atoms with Crippen molar-refractivity contribution in [3.63, 3.8) is 0 Å². The highest BCUT2D eigenvalue weighted by molar-refractivity contribution is 5.00. The standard InChI is InChI=1S/C13H23N/c1-10-3-2-4-11-9-12(7-8-14)13(11)6-5-10/h11-13H,1-9,14H2. The van der Waals surface area contributed by atoms with Gasteiger partial charge in [0.25, 0.3) is 0 Å². The van der Waals surface area contributed by atoms with Gasteiger partial charge in [0.2, 0.25) is 0 Å². The van der Waals surface area contributed by atoms with E-state index in [1.807, 2.05) is 0 Å². The number of hydrogen-bond donors (Lipinski definition) is 1. The Labute approximate surface area is 87.8 Å². The van der Waals surface area contributed by atoms with Crippen LogP contribution in [-0.2, 0) is 0 Å². The van der Waals surface area contributed by atoms with Crippen LogP contribution in [0.15, 0.2) is 12.2 Å². The van der Waals surface area contributed by atoms with Crippen LogP contribution in [0.2, 0.25) is 0 Å². The van der Waals surface area contributed by atoms with Crippen molar-refractivity contribution in [2.75, 3.05) is 6.54 Å². The molecule has 0 bridgehead atoms. The van der Waals surface area contributed by atoms with Crippen LogP contribution in [0.4, 0.5) is 0 Å². The van der Waals surface area contributed by atoms with Crippen LogP contribution in [0.25, 0.3) is 0 Å². The van der Waals surface area contributed by atoms with E-state index in [9.17, 15) is 0 Å². The molecule has 14 heavy (non-hydrogen) atoms. The van der Waals surface area contributed by atoms with Crippen molar-refractivity contribution in [3.8, 4) is 0 Å². The molecule has 0 heterocycles. The Balaban J connectivity index is 1.87. The van der Waals surface area contributed by atoms with E-state index in [0.717, 1.165) is 24.3 Å². The molecule has 0 spiro atoms. The first-order chi connectivity index (χ1) is 6.81. The largest absolute Gasteiger partial charge is 0.330 e. The van der Waals surface area contributed by atoms with Gasteiger partial charge in [0.1, 0.15) is 0 Å². The van der Waals surface area contributed by atoms with Gasteiger partial charge < -0.3 is 5.73 Å². The highest BCUT2D eigenvalue weighted by atomic mass is 14.5. The molecule has 1 nitrogen and oxygen atoms in total. The summed E-state index contributed by atoms with van der Waals surface area (Å²) in [5.74, 6) is 2.99. The van der Waals surface area contributed by atoms with Crippen LogP contribution in [0.1, 0.15) is 44.9 Å². The third kappa shape index (κ3) is 2.03. The third-order valence-electron chi connectivity index (χ3n) is 4.29. The summed E-state index contributed by atoms with van der Waals surface area (Å²) >= 11 is 0. The number of fused-ring (bicyclic) bond motifs is 1. The molecule has 0 aliphatic heterocycles. The molecular weight excluding hydrogens is 170 g/mol. The summed E-state index contributed by atoms with van der Waals surface area (Å²) in [5.41, 5.74) is 7.13. The maximum Gasteiger partial charge on any atom is -0.00745 e. The Bertz CT molecular complexity index is 205. The molecule has 3 unspecified atom stereocenters. The summed E-state index contributed by atoms with van der Waals surface area (Å²) in [7, 11) is 0. The Kier molecular flexibility index (Phi) is 3.27. The van der Waals surface area contributed by atoms with Crippen molar-refractivity contribution in [2.24, 2.45) is 23.5 Å². The van der Waals surface area contributed by atoms with Crippen LogP contribution in [0, 0.1) is 17.8 Å². The molecule has 2 fully saturated rings. The van der Waals surface area contributed by atoms with E-state index in [0.29, 0.717) is 0 Å². The van der Waals surface area contributed by atoms with Crippen LogP contribution in [0.5, 0.6) is 0 Å². The van der Waals surface area contributed by atoms with Gasteiger partial charge in [-0.1, -0.05) is 12.2 Å². The second-order valence-corrected chi connectivity index (χ2v) is 5.18. The molecule has 80 valence electrons. The van der Waals surface area contributed by atoms with Gasteiger partial charge >= 0.3 is 0 Å². The van der Waals surface area contributed by atoms with Gasteiger partial charge in [0.05, 0.1) is 0 Å². The van der Waals surface area contributed by atoms with Crippen molar-refractivity contribution in [2.45, 2.75) is 44.9 Å². The Morgan fingerprint density at radius 2 is 2.14 bits per heavy atom. The topological polar surface area (TPSA) is 26.0 Å². The van der Waals surface area contributed by atoms with Crippen molar-refractivity contribution >= 4 is 0 Å². The van der Waals surface area contributed by atoms with Crippen LogP contribution in [-0.4, -0.2) is 6.54 Å². The zero-order valence-electron chi connectivity index (χ0n) is 9.17. The molecule has 0 radical (unpaired) electrons. The minimum atomic E-state index is 0.884. The SMILES string of the molecule is C=C1CCCC2CC(CCN)C2CC1. The maximum atomic E-state index is 5.64. The Hall–Kier alpha value is -0.300. The average Bonchev–Trinajstić information content (AvgIpc) is 2.13. The molecule has 0 saturated heterocycles. The van der Waals surface area contributed by atoms with Crippen molar-refractivity contribution in [1.82, 2.24) is 0 Å². The molecule has 0 aromatic carbocycles. The van der Waals surface area contributed by atoms with Gasteiger partial charge in [0.15, 0.2) is 0 Å². The lowest BCUT2D eigenvalue weighted by molar-refractivity contribution is 0.0461. The summed E-state index contributed by atoms with van der Waals surface area (Å²) in [6.07, 6.45) is 9.52. The van der Waals surface area contributed by atoms with Gasteiger partial charge in [0, 0.05) is 0 Å². The molecule has 2 aliphatic rings. The summed E-state index contributed by atoms with van der Waals surface area (Å²) in [6, 6.07) is 0. The van der Waals surface area contributed by atoms with Crippen LogP contribution < -0.4 is 5.73 Å². The lowest BCUT2D eigenvalue weighted by atomic mass is 9.59. The molecule has 1 heteroatoms. The van der Waals surface area contributed by atoms with E-state index < -0.39 is 0 Å². The third-order valence-corrected chi connectivity index (χ3v) is 4.29. The monoisotopic (exact) mass is 193 g/mol. The fraction of sp³-hybridized carbons (Fsp3) is 0.846. The van der Waals surface area contributed by atoms with Crippen LogP contribution >= 0.6 is 0 Å². The molecule has 0 amide bonds. The predicted molar refractivity (Wildman–Crippen MR) is 61.0 cm³/mol. The van der Waals surface area contributed by atoms with E-state index >= 15 is 0 Å². The summed E-state index contributed by atoms with van der Waals surface area (Å²) in [5, 5.41) is 0. The van der Waals surface area contributed by atoms with Gasteiger partial charge in [-0.3, -0.25) is 0 Å². The average molecular weight is 193 g/mol. The first-order valence-electron chi connectivity index (χ1n) is 6.18. The molecular formula is C13H23N. The van der Waals surface area contributed by atoms with Crippen molar-refractivity contribution in [3.05, 3.63) is 12.2 Å².